The summed E-state index contributed by atoms with van der Waals surface area (Å²) < 4.78 is 5.44. The van der Waals surface area contributed by atoms with E-state index in [-0.39, 0.29) is 42.2 Å². The maximum absolute atomic E-state index is 12.4. The lowest BCUT2D eigenvalue weighted by Gasteiger charge is -2.33. The summed E-state index contributed by atoms with van der Waals surface area (Å²) in [6, 6.07) is 6.13. The number of carbonyl (C=O) groups is 2. The van der Waals surface area contributed by atoms with Gasteiger partial charge in [-0.1, -0.05) is 12.1 Å². The number of carbonyl (C=O) groups excluding carboxylic acids is 2. The Kier molecular flexibility index (Phi) is 6.26. The quantitative estimate of drug-likeness (QED) is 0.561. The average Bonchev–Trinajstić information content (AvgIpc) is 3.22. The normalized spacial score (nSPS) is 17.8. The van der Waals surface area contributed by atoms with Gasteiger partial charge in [-0.3, -0.25) is 19.7 Å². The maximum atomic E-state index is 12.4. The number of likely N-dealkylation sites (tertiary alicyclic amines) is 2. The second-order valence-electron chi connectivity index (χ2n) is 7.01. The zero-order valence-electron chi connectivity index (χ0n) is 15.3. The smallest absolute Gasteiger partial charge is 0.310 e. The molecule has 2 saturated heterocycles. The van der Waals surface area contributed by atoms with Crippen LogP contribution in [0.5, 0.6) is 5.75 Å². The van der Waals surface area contributed by atoms with Crippen LogP contribution in [0.15, 0.2) is 24.3 Å². The second kappa shape index (κ2) is 8.83. The zero-order chi connectivity index (χ0) is 19.2. The first-order valence-electron chi connectivity index (χ1n) is 9.49. The molecule has 2 heterocycles. The van der Waals surface area contributed by atoms with E-state index in [0.717, 1.165) is 25.9 Å². The monoisotopic (exact) mass is 375 g/mol. The van der Waals surface area contributed by atoms with Gasteiger partial charge in [-0.15, -0.1) is 0 Å². The maximum Gasteiger partial charge on any atom is 0.310 e. The van der Waals surface area contributed by atoms with E-state index in [9.17, 15) is 19.7 Å². The Labute approximate surface area is 158 Å². The van der Waals surface area contributed by atoms with E-state index in [1.807, 2.05) is 4.90 Å². The van der Waals surface area contributed by atoms with Crippen LogP contribution < -0.4 is 4.74 Å². The van der Waals surface area contributed by atoms with E-state index in [4.69, 9.17) is 4.74 Å². The molecule has 2 aliphatic rings. The van der Waals surface area contributed by atoms with Crippen LogP contribution in [0.25, 0.3) is 0 Å². The predicted molar refractivity (Wildman–Crippen MR) is 98.3 cm³/mol. The summed E-state index contributed by atoms with van der Waals surface area (Å²) >= 11 is 0. The number of nitrogens with zero attached hydrogens (tertiary/aromatic N) is 3. The van der Waals surface area contributed by atoms with Crippen molar-refractivity contribution in [3.05, 3.63) is 34.4 Å². The van der Waals surface area contributed by atoms with Crippen molar-refractivity contribution in [2.75, 3.05) is 32.8 Å². The molecule has 2 fully saturated rings. The summed E-state index contributed by atoms with van der Waals surface area (Å²) in [5, 5.41) is 11.0. The molecule has 27 heavy (non-hydrogen) atoms. The minimum Gasteiger partial charge on any atom is -0.486 e. The van der Waals surface area contributed by atoms with E-state index in [1.165, 1.54) is 12.1 Å². The lowest BCUT2D eigenvalue weighted by molar-refractivity contribution is -0.385. The minimum absolute atomic E-state index is 0.0235. The molecule has 0 N–H and O–H groups in total. The van der Waals surface area contributed by atoms with Crippen molar-refractivity contribution in [2.24, 2.45) is 5.92 Å². The Morgan fingerprint density at radius 2 is 1.74 bits per heavy atom. The number of rotatable bonds is 6. The van der Waals surface area contributed by atoms with Crippen LogP contribution in [0.3, 0.4) is 0 Å². The highest BCUT2D eigenvalue weighted by Crippen LogP contribution is 2.26. The molecule has 0 bridgehead atoms. The minimum atomic E-state index is -0.501. The highest BCUT2D eigenvalue weighted by molar-refractivity contribution is 5.80. The number of nitro benzene ring substituents is 1. The summed E-state index contributed by atoms with van der Waals surface area (Å²) in [6.07, 6.45) is 3.74. The van der Waals surface area contributed by atoms with Crippen molar-refractivity contribution < 1.29 is 19.2 Å². The number of piperidine rings is 1. The molecule has 8 heteroatoms. The summed E-state index contributed by atoms with van der Waals surface area (Å²) in [5.41, 5.74) is -0.105. The molecule has 0 spiro atoms. The molecule has 0 unspecified atom stereocenters. The standard InChI is InChI=1S/C19H25N3O5/c23-18(9-14-27-17-6-2-1-5-16(17)22(25)26)20-12-7-15(8-13-20)19(24)21-10-3-4-11-21/h1-2,5-6,15H,3-4,7-14H2. The first-order chi connectivity index (χ1) is 13.1. The van der Waals surface area contributed by atoms with Crippen LogP contribution in [0.4, 0.5) is 5.69 Å². The molecule has 1 aromatic carbocycles. The third-order valence-corrected chi connectivity index (χ3v) is 5.25. The Hall–Kier alpha value is -2.64. The van der Waals surface area contributed by atoms with Gasteiger partial charge in [-0.2, -0.15) is 0 Å². The fourth-order valence-electron chi connectivity index (χ4n) is 3.71. The van der Waals surface area contributed by atoms with Gasteiger partial charge in [-0.05, 0) is 31.7 Å². The highest BCUT2D eigenvalue weighted by atomic mass is 16.6. The summed E-state index contributed by atoms with van der Waals surface area (Å²) in [5.74, 6) is 0.389. The van der Waals surface area contributed by atoms with Crippen molar-refractivity contribution in [2.45, 2.75) is 32.1 Å². The van der Waals surface area contributed by atoms with Gasteiger partial charge in [0, 0.05) is 38.2 Å². The largest absolute Gasteiger partial charge is 0.486 e. The molecule has 0 atom stereocenters. The Bertz CT molecular complexity index is 694. The van der Waals surface area contributed by atoms with E-state index >= 15 is 0 Å². The number of hydrogen-bond donors (Lipinski definition) is 0. The molecule has 3 rings (SSSR count). The summed E-state index contributed by atoms with van der Waals surface area (Å²) in [7, 11) is 0. The van der Waals surface area contributed by atoms with Crippen molar-refractivity contribution in [3.8, 4) is 5.75 Å². The Morgan fingerprint density at radius 1 is 1.07 bits per heavy atom. The van der Waals surface area contributed by atoms with E-state index in [2.05, 4.69) is 0 Å². The van der Waals surface area contributed by atoms with Gasteiger partial charge < -0.3 is 14.5 Å². The molecule has 2 amide bonds. The lowest BCUT2D eigenvalue weighted by atomic mass is 9.95. The number of benzene rings is 1. The van der Waals surface area contributed by atoms with Crippen LogP contribution in [0.2, 0.25) is 0 Å². The summed E-state index contributed by atoms with van der Waals surface area (Å²) in [6.45, 7) is 2.97. The number of amides is 2. The zero-order valence-corrected chi connectivity index (χ0v) is 15.3. The third kappa shape index (κ3) is 4.75. The Morgan fingerprint density at radius 3 is 2.41 bits per heavy atom. The van der Waals surface area contributed by atoms with Gasteiger partial charge in [0.05, 0.1) is 18.0 Å². The molecule has 1 aromatic rings. The molecule has 8 nitrogen and oxygen atoms in total. The van der Waals surface area contributed by atoms with Crippen LogP contribution in [0.1, 0.15) is 32.1 Å². The van der Waals surface area contributed by atoms with Crippen LogP contribution in [0, 0.1) is 16.0 Å². The lowest BCUT2D eigenvalue weighted by Crippen LogP contribution is -2.44. The van der Waals surface area contributed by atoms with Crippen LogP contribution in [-0.2, 0) is 9.59 Å². The first kappa shape index (κ1) is 19.1. The number of para-hydroxylation sites is 2. The van der Waals surface area contributed by atoms with Crippen LogP contribution >= 0.6 is 0 Å². The van der Waals surface area contributed by atoms with Crippen molar-refractivity contribution in [1.29, 1.82) is 0 Å². The summed E-state index contributed by atoms with van der Waals surface area (Å²) in [4.78, 5) is 39.0. The fraction of sp³-hybridized carbons (Fsp3) is 0.579. The molecule has 2 aliphatic heterocycles. The average molecular weight is 375 g/mol. The fourth-order valence-corrected chi connectivity index (χ4v) is 3.71. The van der Waals surface area contributed by atoms with E-state index < -0.39 is 4.92 Å². The molecule has 0 radical (unpaired) electrons. The van der Waals surface area contributed by atoms with Gasteiger partial charge in [0.25, 0.3) is 0 Å². The predicted octanol–water partition coefficient (Wildman–Crippen LogP) is 2.22. The van der Waals surface area contributed by atoms with Crippen molar-refractivity contribution in [3.63, 3.8) is 0 Å². The van der Waals surface area contributed by atoms with Crippen LogP contribution in [-0.4, -0.2) is 59.3 Å². The number of ether oxygens (including phenoxy) is 1. The van der Waals surface area contributed by atoms with Gasteiger partial charge in [-0.25, -0.2) is 0 Å². The van der Waals surface area contributed by atoms with E-state index in [1.54, 1.807) is 17.0 Å². The SMILES string of the molecule is O=C(CCOc1ccccc1[N+](=O)[O-])N1CCC(C(=O)N2CCCC2)CC1. The topological polar surface area (TPSA) is 93.0 Å². The Balaban J connectivity index is 1.42. The molecule has 146 valence electrons. The number of nitro groups is 1. The number of hydrogen-bond acceptors (Lipinski definition) is 5. The molecular formula is C19H25N3O5. The molecule has 0 saturated carbocycles. The molecule has 0 aromatic heterocycles. The third-order valence-electron chi connectivity index (χ3n) is 5.25. The highest BCUT2D eigenvalue weighted by Gasteiger charge is 2.31. The van der Waals surface area contributed by atoms with Gasteiger partial charge in [0.2, 0.25) is 11.8 Å². The molecule has 0 aliphatic carbocycles. The second-order valence-corrected chi connectivity index (χ2v) is 7.01. The molecular weight excluding hydrogens is 350 g/mol. The van der Waals surface area contributed by atoms with Gasteiger partial charge in [0.15, 0.2) is 5.75 Å². The van der Waals surface area contributed by atoms with E-state index in [0.29, 0.717) is 25.9 Å². The van der Waals surface area contributed by atoms with Gasteiger partial charge >= 0.3 is 5.69 Å². The first-order valence-corrected chi connectivity index (χ1v) is 9.49. The van der Waals surface area contributed by atoms with Crippen molar-refractivity contribution in [1.82, 2.24) is 9.80 Å². The van der Waals surface area contributed by atoms with Crippen molar-refractivity contribution >= 4 is 17.5 Å². The van der Waals surface area contributed by atoms with Gasteiger partial charge in [0.1, 0.15) is 0 Å².